The van der Waals surface area contributed by atoms with Crippen LogP contribution in [0.5, 0.6) is 5.75 Å². The quantitative estimate of drug-likeness (QED) is 0.388. The smallest absolute Gasteiger partial charge is 0.132 e. The molecular weight excluding hydrogens is 441 g/mol. The molecule has 1 N–H and O–H groups in total. The number of halogens is 2. The van der Waals surface area contributed by atoms with E-state index in [2.05, 4.69) is 11.4 Å². The van der Waals surface area contributed by atoms with E-state index in [0.29, 0.717) is 24.8 Å². The summed E-state index contributed by atoms with van der Waals surface area (Å²) in [4.78, 5) is 0. The van der Waals surface area contributed by atoms with Crippen LogP contribution in [-0.4, -0.2) is 18.3 Å². The van der Waals surface area contributed by atoms with Gasteiger partial charge < -0.3 is 19.5 Å². The van der Waals surface area contributed by atoms with E-state index in [9.17, 15) is 4.39 Å². The van der Waals surface area contributed by atoms with Crippen LogP contribution in [-0.2, 0) is 22.6 Å². The maximum absolute atomic E-state index is 13.3. The average Bonchev–Trinajstić information content (AvgIpc) is 2.78. The summed E-state index contributed by atoms with van der Waals surface area (Å²) in [7, 11) is 0. The van der Waals surface area contributed by atoms with Gasteiger partial charge in [-0.3, -0.25) is 0 Å². The van der Waals surface area contributed by atoms with Crippen LogP contribution in [0.25, 0.3) is 0 Å². The van der Waals surface area contributed by atoms with Gasteiger partial charge in [0.05, 0.1) is 6.61 Å². The molecule has 1 aliphatic rings. The zero-order valence-electron chi connectivity index (χ0n) is 19.1. The van der Waals surface area contributed by atoms with Gasteiger partial charge in [0.25, 0.3) is 0 Å². The Kier molecular flexibility index (Phi) is 7.23. The zero-order valence-corrected chi connectivity index (χ0v) is 19.9. The Labute approximate surface area is 199 Å². The number of ether oxygens (including phenoxy) is 3. The highest BCUT2D eigenvalue weighted by atomic mass is 35.5. The molecule has 0 bridgehead atoms. The molecule has 0 saturated heterocycles. The Morgan fingerprint density at radius 1 is 1.00 bits per heavy atom. The minimum atomic E-state index is -0.609. The molecule has 0 saturated carbocycles. The van der Waals surface area contributed by atoms with E-state index in [1.165, 1.54) is 12.1 Å². The lowest BCUT2D eigenvalue weighted by molar-refractivity contribution is -0.165. The second kappa shape index (κ2) is 10.1. The molecule has 0 aromatic heterocycles. The number of nitrogens with one attached hydrogen (secondary N) is 1. The van der Waals surface area contributed by atoms with Gasteiger partial charge in [-0.05, 0) is 74.4 Å². The van der Waals surface area contributed by atoms with Gasteiger partial charge in [0.2, 0.25) is 0 Å². The van der Waals surface area contributed by atoms with Crippen molar-refractivity contribution in [1.29, 1.82) is 0 Å². The molecule has 33 heavy (non-hydrogen) atoms. The summed E-state index contributed by atoms with van der Waals surface area (Å²) in [6.45, 7) is 7.50. The summed E-state index contributed by atoms with van der Waals surface area (Å²) in [5.41, 5.74) is 3.28. The summed E-state index contributed by atoms with van der Waals surface area (Å²) in [5.74, 6) is 0.521. The number of anilines is 1. The lowest BCUT2D eigenvalue weighted by Gasteiger charge is -2.44. The normalized spacial score (nSPS) is 18.9. The van der Waals surface area contributed by atoms with Crippen molar-refractivity contribution in [2.75, 3.05) is 11.9 Å². The molecular formula is C27H29ClFNO3. The van der Waals surface area contributed by atoms with Crippen molar-refractivity contribution in [1.82, 2.24) is 0 Å². The van der Waals surface area contributed by atoms with Gasteiger partial charge in [0.1, 0.15) is 29.4 Å². The van der Waals surface area contributed by atoms with Gasteiger partial charge >= 0.3 is 0 Å². The maximum Gasteiger partial charge on any atom is 0.132 e. The van der Waals surface area contributed by atoms with E-state index < -0.39 is 5.60 Å². The SMILES string of the molecule is CCOC1c2cc(NCc3cccc(Cl)c3)ccc2OC(C)(C)C1OCc1ccc(F)cc1. The summed E-state index contributed by atoms with van der Waals surface area (Å²) < 4.78 is 32.1. The maximum atomic E-state index is 13.3. The van der Waals surface area contributed by atoms with Gasteiger partial charge in [-0.1, -0.05) is 35.9 Å². The van der Waals surface area contributed by atoms with Crippen molar-refractivity contribution in [2.24, 2.45) is 0 Å². The largest absolute Gasteiger partial charge is 0.485 e. The Balaban J connectivity index is 1.55. The third-order valence-electron chi connectivity index (χ3n) is 5.72. The van der Waals surface area contributed by atoms with Crippen LogP contribution in [0.2, 0.25) is 5.02 Å². The van der Waals surface area contributed by atoms with E-state index in [1.807, 2.05) is 57.2 Å². The molecule has 3 aromatic rings. The molecule has 0 amide bonds. The summed E-state index contributed by atoms with van der Waals surface area (Å²) in [6.07, 6.45) is -0.652. The number of rotatable bonds is 8. The molecule has 0 aliphatic carbocycles. The molecule has 2 atom stereocenters. The summed E-state index contributed by atoms with van der Waals surface area (Å²) >= 11 is 6.11. The fourth-order valence-electron chi connectivity index (χ4n) is 4.11. The standard InChI is InChI=1S/C27H29ClFNO3/c1-4-31-25-23-15-22(30-16-19-6-5-7-20(28)14-19)12-13-24(23)33-27(2,3)26(25)32-17-18-8-10-21(29)11-9-18/h5-15,25-26,30H,4,16-17H2,1-3H3. The Bertz CT molecular complexity index is 1090. The molecule has 2 unspecified atom stereocenters. The van der Waals surface area contributed by atoms with E-state index in [0.717, 1.165) is 28.1 Å². The molecule has 1 aliphatic heterocycles. The van der Waals surface area contributed by atoms with E-state index in [4.69, 9.17) is 25.8 Å². The number of hydrogen-bond donors (Lipinski definition) is 1. The molecule has 4 rings (SSSR count). The van der Waals surface area contributed by atoms with Crippen molar-refractivity contribution in [3.63, 3.8) is 0 Å². The first-order valence-electron chi connectivity index (χ1n) is 11.1. The van der Waals surface area contributed by atoms with Crippen LogP contribution in [0.3, 0.4) is 0 Å². The third-order valence-corrected chi connectivity index (χ3v) is 5.96. The second-order valence-corrected chi connectivity index (χ2v) is 9.11. The molecule has 6 heteroatoms. The first kappa shape index (κ1) is 23.6. The molecule has 4 nitrogen and oxygen atoms in total. The fraction of sp³-hybridized carbons (Fsp3) is 0.333. The van der Waals surface area contributed by atoms with Crippen LogP contribution in [0.15, 0.2) is 66.7 Å². The van der Waals surface area contributed by atoms with Gasteiger partial charge in [-0.25, -0.2) is 4.39 Å². The molecule has 0 radical (unpaired) electrons. The molecule has 1 heterocycles. The first-order valence-corrected chi connectivity index (χ1v) is 11.5. The molecule has 174 valence electrons. The number of fused-ring (bicyclic) bond motifs is 1. The van der Waals surface area contributed by atoms with Crippen molar-refractivity contribution in [3.8, 4) is 5.75 Å². The van der Waals surface area contributed by atoms with Gasteiger partial charge in [-0.15, -0.1) is 0 Å². The Morgan fingerprint density at radius 2 is 1.79 bits per heavy atom. The molecule has 0 spiro atoms. The molecule has 0 fully saturated rings. The second-order valence-electron chi connectivity index (χ2n) is 8.68. The van der Waals surface area contributed by atoms with Crippen LogP contribution < -0.4 is 10.1 Å². The summed E-state index contributed by atoms with van der Waals surface area (Å²) in [5, 5.41) is 4.17. The molecule has 3 aromatic carbocycles. The predicted octanol–water partition coefficient (Wildman–Crippen LogP) is 6.93. The lowest BCUT2D eigenvalue weighted by atomic mass is 9.87. The van der Waals surface area contributed by atoms with Crippen LogP contribution in [0.1, 0.15) is 43.6 Å². The van der Waals surface area contributed by atoms with E-state index in [1.54, 1.807) is 12.1 Å². The number of benzene rings is 3. The highest BCUT2D eigenvalue weighted by molar-refractivity contribution is 6.30. The monoisotopic (exact) mass is 469 g/mol. The van der Waals surface area contributed by atoms with Crippen molar-refractivity contribution < 1.29 is 18.6 Å². The van der Waals surface area contributed by atoms with Crippen molar-refractivity contribution in [2.45, 2.75) is 51.7 Å². The minimum Gasteiger partial charge on any atom is -0.485 e. The van der Waals surface area contributed by atoms with E-state index >= 15 is 0 Å². The third kappa shape index (κ3) is 5.67. The Morgan fingerprint density at radius 3 is 2.52 bits per heavy atom. The van der Waals surface area contributed by atoms with Crippen LogP contribution >= 0.6 is 11.6 Å². The number of hydrogen-bond acceptors (Lipinski definition) is 4. The van der Waals surface area contributed by atoms with Crippen molar-refractivity contribution in [3.05, 3.63) is 94.3 Å². The van der Waals surface area contributed by atoms with Crippen LogP contribution in [0, 0.1) is 5.82 Å². The van der Waals surface area contributed by atoms with Gasteiger partial charge in [-0.2, -0.15) is 0 Å². The van der Waals surface area contributed by atoms with E-state index in [-0.39, 0.29) is 18.0 Å². The van der Waals surface area contributed by atoms with Gasteiger partial charge in [0, 0.05) is 29.4 Å². The summed E-state index contributed by atoms with van der Waals surface area (Å²) in [6, 6.07) is 20.2. The lowest BCUT2D eigenvalue weighted by Crippen LogP contribution is -2.51. The highest BCUT2D eigenvalue weighted by Crippen LogP contribution is 2.44. The first-order chi connectivity index (χ1) is 15.9. The van der Waals surface area contributed by atoms with Crippen molar-refractivity contribution >= 4 is 17.3 Å². The van der Waals surface area contributed by atoms with Gasteiger partial charge in [0.15, 0.2) is 0 Å². The minimum absolute atomic E-state index is 0.265. The predicted molar refractivity (Wildman–Crippen MR) is 129 cm³/mol. The topological polar surface area (TPSA) is 39.7 Å². The fourth-order valence-corrected chi connectivity index (χ4v) is 4.32. The zero-order chi connectivity index (χ0) is 23.4. The van der Waals surface area contributed by atoms with Crippen LogP contribution in [0.4, 0.5) is 10.1 Å². The highest BCUT2D eigenvalue weighted by Gasteiger charge is 2.45. The Hall–Kier alpha value is -2.60. The average molecular weight is 470 g/mol.